The molecule has 52 heteroatoms. The number of tetrazole rings is 3. The molecule has 1 aromatic carbocycles. The summed E-state index contributed by atoms with van der Waals surface area (Å²) in [6, 6.07) is -0.381. The van der Waals surface area contributed by atoms with Crippen LogP contribution in [0.4, 0.5) is 37.7 Å². The number of nitrogens with one attached hydrogen (secondary N) is 15. The fraction of sp³-hybridized carbons (Fsp3) is 0.594. The molecular formula is C69H119N33O18S. The summed E-state index contributed by atoms with van der Waals surface area (Å²) < 4.78 is 9.24. The Labute approximate surface area is 701 Å². The van der Waals surface area contributed by atoms with Crippen molar-refractivity contribution in [3.63, 3.8) is 0 Å². The zero-order valence-electron chi connectivity index (χ0n) is 71.0. The van der Waals surface area contributed by atoms with Crippen LogP contribution in [0.25, 0.3) is 0 Å². The van der Waals surface area contributed by atoms with Crippen LogP contribution in [0.2, 0.25) is 0 Å². The maximum atomic E-state index is 11.5. The van der Waals surface area contributed by atoms with Crippen molar-refractivity contribution in [1.29, 1.82) is 0 Å². The molecule has 51 nitrogen and oxygen atoms in total. The Balaban J connectivity index is 0.000000469. The van der Waals surface area contributed by atoms with Crippen molar-refractivity contribution in [1.82, 2.24) is 150 Å². The number of hydrogen-bond acceptors (Lipinski definition) is 42. The predicted molar refractivity (Wildman–Crippen MR) is 448 cm³/mol. The number of Topliss-reactive ketones (excluding diaryl/α,β-unsaturated/α-hetero) is 1. The Kier molecular flexibility index (Phi) is 51.5. The monoisotopic (exact) mass is 1730 g/mol. The number of hydrogen-bond donors (Lipinski definition) is 19. The van der Waals surface area contributed by atoms with Crippen LogP contribution in [-0.2, 0) is 36.9 Å². The average Bonchev–Trinajstić information content (AvgIpc) is 1.66. The average molecular weight is 1730 g/mol. The molecule has 0 radical (unpaired) electrons. The van der Waals surface area contributed by atoms with E-state index < -0.39 is 56.9 Å². The largest absolute Gasteiger partial charge is 0.504 e. The Morgan fingerprint density at radius 3 is 1.49 bits per heavy atom. The van der Waals surface area contributed by atoms with Gasteiger partial charge in [0.05, 0.1) is 12.2 Å². The van der Waals surface area contributed by atoms with Gasteiger partial charge in [0.15, 0.2) is 34.6 Å². The zero-order valence-corrected chi connectivity index (χ0v) is 71.8. The minimum Gasteiger partial charge on any atom is -0.504 e. The normalized spacial score (nSPS) is 13.1. The molecule has 121 heavy (non-hydrogen) atoms. The van der Waals surface area contributed by atoms with Gasteiger partial charge in [0.25, 0.3) is 39.8 Å². The van der Waals surface area contributed by atoms with Crippen LogP contribution in [0.3, 0.4) is 0 Å². The fourth-order valence-electron chi connectivity index (χ4n) is 10.1. The summed E-state index contributed by atoms with van der Waals surface area (Å²) in [4.78, 5) is 150. The summed E-state index contributed by atoms with van der Waals surface area (Å²) in [5.74, 6) is -2.87. The van der Waals surface area contributed by atoms with Gasteiger partial charge in [0.1, 0.15) is 29.3 Å². The van der Waals surface area contributed by atoms with Gasteiger partial charge in [-0.25, -0.2) is 14.4 Å². The van der Waals surface area contributed by atoms with E-state index in [9.17, 15) is 72.9 Å². The van der Waals surface area contributed by atoms with Crippen molar-refractivity contribution in [3.05, 3.63) is 100 Å². The summed E-state index contributed by atoms with van der Waals surface area (Å²) >= 11 is 1.05. The number of aromatic nitrogens is 14. The number of likely N-dealkylation sites (N-methyl/N-ethyl adjacent to an activating group) is 3. The number of amides is 8. The number of aromatic amines is 4. The lowest BCUT2D eigenvalue weighted by Gasteiger charge is -2.22. The Morgan fingerprint density at radius 2 is 1.01 bits per heavy atom. The molecule has 0 spiro atoms. The first-order chi connectivity index (χ1) is 57.8. The molecule has 674 valence electrons. The van der Waals surface area contributed by atoms with Gasteiger partial charge in [-0.3, -0.25) is 73.5 Å². The van der Waals surface area contributed by atoms with E-state index in [1.807, 2.05) is 73.6 Å². The maximum Gasteiger partial charge on any atom is 0.440 e. The molecule has 19 N–H and O–H groups in total. The second kappa shape index (κ2) is 59.5. The highest BCUT2D eigenvalue weighted by Gasteiger charge is 2.35. The van der Waals surface area contributed by atoms with Crippen LogP contribution >= 0.6 is 11.8 Å². The van der Waals surface area contributed by atoms with Gasteiger partial charge in [0.2, 0.25) is 28.7 Å². The summed E-state index contributed by atoms with van der Waals surface area (Å²) in [6.07, 6.45) is 12.3. The fourth-order valence-corrected chi connectivity index (χ4v) is 10.9. The lowest BCUT2D eigenvalue weighted by molar-refractivity contribution is -0.125. The number of ketones is 2. The van der Waals surface area contributed by atoms with E-state index in [-0.39, 0.29) is 69.7 Å². The van der Waals surface area contributed by atoms with Crippen molar-refractivity contribution in [3.8, 4) is 11.5 Å². The van der Waals surface area contributed by atoms with Crippen molar-refractivity contribution >= 4 is 81.6 Å². The number of aromatic hydroxyl groups is 2. The Bertz CT molecular complexity index is 4320. The van der Waals surface area contributed by atoms with Gasteiger partial charge >= 0.3 is 17.8 Å². The first-order valence-corrected chi connectivity index (χ1v) is 39.0. The minimum absolute atomic E-state index is 0.0519. The third-order valence-corrected chi connectivity index (χ3v) is 17.9. The SMILES string of the molecule is CN(CCCc1nn[nH]n1)c1noc(=O)[nH]1.CNCCCN(C)C(=O)NCc1nn[nH]n1.CNCCCN(C)C(=O)Nc1nn[nH]n1.CNCCCN(C)C1=C(O)C(=O)NC1=O.CNCCCN(C)C1=CC(=O)C=C(O)C1=O.CNCCCN(C)C1SC(=O)NC1=O.CNCCCN(C)c1c(O)c(=O)c1=O.CNCCCN(C)c1cocc(O)c1=O. The van der Waals surface area contributed by atoms with E-state index in [1.54, 1.807) is 76.6 Å². The number of aryl methyl sites for hydroxylation is 1. The van der Waals surface area contributed by atoms with Gasteiger partial charge in [-0.15, -0.1) is 25.5 Å². The highest BCUT2D eigenvalue weighted by molar-refractivity contribution is 8.15. The quantitative estimate of drug-likeness (QED) is 0.00743. The number of aliphatic hydroxyl groups is 2. The molecule has 0 bridgehead atoms. The van der Waals surface area contributed by atoms with E-state index in [1.165, 1.54) is 12.3 Å². The molecular weight excluding hydrogens is 1610 g/mol. The number of rotatable bonds is 41. The van der Waals surface area contributed by atoms with Gasteiger partial charge < -0.3 is 102 Å². The topological polar surface area (TPSA) is 662 Å². The van der Waals surface area contributed by atoms with E-state index in [0.29, 0.717) is 69.0 Å². The summed E-state index contributed by atoms with van der Waals surface area (Å²) in [6.45, 7) is 11.8. The van der Waals surface area contributed by atoms with Gasteiger partial charge in [-0.1, -0.05) is 15.5 Å². The molecule has 5 aromatic heterocycles. The first-order valence-electron chi connectivity index (χ1n) is 38.1. The van der Waals surface area contributed by atoms with Crippen molar-refractivity contribution in [2.24, 2.45) is 0 Å². The number of carbonyl (C=O) groups excluding carboxylic acids is 8. The number of imide groups is 2. The summed E-state index contributed by atoms with van der Waals surface area (Å²) in [5, 5.41) is 110. The van der Waals surface area contributed by atoms with Gasteiger partial charge in [-0.2, -0.15) is 15.6 Å². The smallest absolute Gasteiger partial charge is 0.440 e. The highest BCUT2D eigenvalue weighted by Crippen LogP contribution is 2.22. The number of H-pyrrole nitrogens is 4. The number of anilines is 4. The highest BCUT2D eigenvalue weighted by atomic mass is 32.2. The van der Waals surface area contributed by atoms with Crippen LogP contribution in [0, 0.1) is 0 Å². The van der Waals surface area contributed by atoms with E-state index in [0.717, 1.165) is 134 Å². The number of thioether (sulfide) groups is 1. The standard InChI is InChI=1S/C11H16N2O3.C10H16N2O3.C9H15N3O3.C9H14N2O3.C8H17N7O.C8H15N3O2S.C7H11N7O2.C7H15N7O/c1-12-4-3-5-13(2)9-6-8(14)7-10(15)11(9)16;1-11-4-3-5-12(2)8-6-15-7-9(13)10(8)14;1-10-4-3-5-12(2)6-7(13)9(15)11-8(6)14;1-10-4-3-5-11(2)6-7(12)9(14)8(6)13;1-9-4-3-5-15(2)8(16)10-6-7-11-13-14-12-7;1-9-4-3-5-11(2)7-6(12)10-8(13)14-7;1-14(6-8-7(15)16-11-6)4-2-3-5-9-12-13-10-5;1-8-4-3-5-14(2)7(15)9-6-10-12-13-11-6/h6-7,12,15H,3-5H2,1-2H3;6-7,11,13H,3-5H2,1-2H3;10H,3-5H2,1-2H3,(H2,11,13,14,15);10,12H,3-5H2,1-2H3;9H,3-6H2,1-2H3,(H,10,16)(H,11,12,13,14);7,9H,3-5H2,1-2H3,(H,10,12,13);2-4H2,1H3,(H,8,11,15)(H,9,10,12,13);8H,3-5H2,1-2H3,(H2,9,10,11,12,13,15). The molecule has 8 amide bonds. The molecule has 1 fully saturated rings. The van der Waals surface area contributed by atoms with Gasteiger partial charge in [0, 0.05) is 120 Å². The molecule has 6 aromatic rings. The maximum absolute atomic E-state index is 11.5. The molecule has 1 aliphatic carbocycles. The van der Waals surface area contributed by atoms with Crippen LogP contribution in [-0.4, -0.2) is 373 Å². The summed E-state index contributed by atoms with van der Waals surface area (Å²) in [7, 11) is 27.1. The lowest BCUT2D eigenvalue weighted by atomic mass is 10.1. The third kappa shape index (κ3) is 39.9. The van der Waals surface area contributed by atoms with Crippen LogP contribution in [0.1, 0.15) is 63.0 Å². The van der Waals surface area contributed by atoms with E-state index >= 15 is 0 Å². The Morgan fingerprint density at radius 1 is 0.512 bits per heavy atom. The molecule has 9 rings (SSSR count). The zero-order chi connectivity index (χ0) is 90.4. The third-order valence-electron chi connectivity index (χ3n) is 16.8. The molecule has 1 unspecified atom stereocenters. The Hall–Kier alpha value is -12.2. The lowest BCUT2D eigenvalue weighted by Crippen LogP contribution is -2.38. The first kappa shape index (κ1) is 105. The molecule has 3 aliphatic rings. The number of nitrogens with zero attached hydrogens (tertiary/aromatic N) is 18. The number of aliphatic hydroxyl groups excluding tert-OH is 2. The van der Waals surface area contributed by atoms with Crippen molar-refractivity contribution in [2.75, 3.05) is 224 Å². The second-order valence-corrected chi connectivity index (χ2v) is 27.5. The molecule has 1 saturated heterocycles. The van der Waals surface area contributed by atoms with Crippen molar-refractivity contribution < 1.29 is 67.7 Å². The van der Waals surface area contributed by atoms with Crippen molar-refractivity contribution in [2.45, 2.75) is 69.7 Å². The van der Waals surface area contributed by atoms with E-state index in [2.05, 4.69) is 130 Å². The van der Waals surface area contributed by atoms with Crippen LogP contribution in [0.15, 0.2) is 75.7 Å². The van der Waals surface area contributed by atoms with Gasteiger partial charge in [-0.05, 0) is 176 Å². The summed E-state index contributed by atoms with van der Waals surface area (Å²) in [5.41, 5.74) is -0.933. The molecule has 1 atom stereocenters. The second-order valence-electron chi connectivity index (χ2n) is 26.5. The predicted octanol–water partition coefficient (Wildman–Crippen LogP) is -4.61. The molecule has 2 aliphatic heterocycles. The number of urea groups is 2. The molecule has 7 heterocycles. The van der Waals surface area contributed by atoms with Crippen LogP contribution < -0.4 is 95.2 Å². The number of allylic oxidation sites excluding steroid dienone is 2. The number of carbonyl (C=O) groups is 8. The van der Waals surface area contributed by atoms with Crippen LogP contribution in [0.5, 0.6) is 11.5 Å². The van der Waals surface area contributed by atoms with E-state index in [4.69, 9.17) is 9.52 Å². The molecule has 0 saturated carbocycles. The minimum atomic E-state index is -0.777.